The molecule has 7 heavy (non-hydrogen) atoms. The summed E-state index contributed by atoms with van der Waals surface area (Å²) in [6.45, 7) is 0. The van der Waals surface area contributed by atoms with E-state index in [0.29, 0.717) is 0 Å². The first-order chi connectivity index (χ1) is 3.45. The smallest absolute Gasteiger partial charge is 0.00114 e. The van der Waals surface area contributed by atoms with Gasteiger partial charge in [-0.3, -0.25) is 0 Å². The monoisotopic (exact) mass is 92.1 g/mol. The van der Waals surface area contributed by atoms with Gasteiger partial charge in [-0.1, -0.05) is 11.6 Å². The van der Waals surface area contributed by atoms with Crippen molar-refractivity contribution >= 4 is 0 Å². The largest absolute Gasteiger partial charge is 0.0770 e. The predicted molar refractivity (Wildman–Crippen MR) is 27.8 cm³/mol. The normalized spacial score (nSPS) is 60.6. The van der Waals surface area contributed by atoms with E-state index >= 15 is 0 Å². The maximum absolute atomic E-state index is 2.46. The molecule has 1 unspecified atom stereocenters. The second-order valence-corrected chi connectivity index (χ2v) is 3.12. The van der Waals surface area contributed by atoms with Gasteiger partial charge >= 0.3 is 0 Å². The first-order valence-corrected chi connectivity index (χ1v) is 3.17. The SMILES string of the molecule is C1=C2C3CC(C3)C12. The third-order valence-electron chi connectivity index (χ3n) is 2.80. The number of hydrogen-bond acceptors (Lipinski definition) is 0. The Balaban J connectivity index is 2.19. The van der Waals surface area contributed by atoms with E-state index in [1.165, 1.54) is 0 Å². The molecular formula is C7H8. The molecule has 4 rings (SSSR count). The molecule has 0 aromatic heterocycles. The van der Waals surface area contributed by atoms with Crippen molar-refractivity contribution in [3.63, 3.8) is 0 Å². The Hall–Kier alpha value is -0.260. The zero-order chi connectivity index (χ0) is 4.43. The first-order valence-electron chi connectivity index (χ1n) is 3.17. The van der Waals surface area contributed by atoms with Gasteiger partial charge in [0.05, 0.1) is 0 Å². The summed E-state index contributed by atoms with van der Waals surface area (Å²) in [6.07, 6.45) is 5.56. The molecule has 0 aromatic rings. The summed E-state index contributed by atoms with van der Waals surface area (Å²) >= 11 is 0. The molecule has 4 aliphatic rings. The quantitative estimate of drug-likeness (QED) is 0.398. The van der Waals surface area contributed by atoms with Crippen LogP contribution in [0.2, 0.25) is 0 Å². The van der Waals surface area contributed by atoms with Crippen molar-refractivity contribution in [2.45, 2.75) is 12.8 Å². The highest BCUT2D eigenvalue weighted by Crippen LogP contribution is 2.64. The van der Waals surface area contributed by atoms with Crippen LogP contribution < -0.4 is 0 Å². The summed E-state index contributed by atoms with van der Waals surface area (Å²) in [6, 6.07) is 0. The van der Waals surface area contributed by atoms with Crippen molar-refractivity contribution in [2.24, 2.45) is 17.8 Å². The molecule has 0 nitrogen and oxygen atoms in total. The van der Waals surface area contributed by atoms with Crippen LogP contribution in [-0.4, -0.2) is 0 Å². The number of hydrogen-bond donors (Lipinski definition) is 0. The molecule has 4 aliphatic carbocycles. The molecule has 0 saturated heterocycles. The van der Waals surface area contributed by atoms with E-state index in [1.807, 2.05) is 5.57 Å². The van der Waals surface area contributed by atoms with E-state index in [4.69, 9.17) is 0 Å². The highest BCUT2D eigenvalue weighted by atomic mass is 14.6. The Kier molecular flexibility index (Phi) is 0.247. The van der Waals surface area contributed by atoms with Crippen molar-refractivity contribution in [2.75, 3.05) is 0 Å². The molecule has 0 aliphatic heterocycles. The highest BCUT2D eigenvalue weighted by Gasteiger charge is 2.53. The zero-order valence-corrected chi connectivity index (χ0v) is 4.22. The molecular weight excluding hydrogens is 84.1 g/mol. The molecule has 1 atom stereocenters. The van der Waals surface area contributed by atoms with Gasteiger partial charge in [0.1, 0.15) is 0 Å². The van der Waals surface area contributed by atoms with Crippen molar-refractivity contribution in [3.05, 3.63) is 11.6 Å². The Labute approximate surface area is 43.2 Å². The Morgan fingerprint density at radius 3 is 2.43 bits per heavy atom. The Morgan fingerprint density at radius 2 is 2.29 bits per heavy atom. The first kappa shape index (κ1) is 2.91. The van der Waals surface area contributed by atoms with E-state index in [9.17, 15) is 0 Å². The van der Waals surface area contributed by atoms with Gasteiger partial charge in [0.15, 0.2) is 0 Å². The van der Waals surface area contributed by atoms with Gasteiger partial charge in [-0.2, -0.15) is 0 Å². The predicted octanol–water partition coefficient (Wildman–Crippen LogP) is 1.58. The van der Waals surface area contributed by atoms with Gasteiger partial charge < -0.3 is 0 Å². The fourth-order valence-corrected chi connectivity index (χ4v) is 2.20. The van der Waals surface area contributed by atoms with Crippen LogP contribution in [0.4, 0.5) is 0 Å². The molecule has 0 heterocycles. The molecule has 0 amide bonds. The minimum Gasteiger partial charge on any atom is -0.0770 e. The van der Waals surface area contributed by atoms with Crippen molar-refractivity contribution in [1.29, 1.82) is 0 Å². The molecule has 0 N–H and O–H groups in total. The molecule has 36 valence electrons. The van der Waals surface area contributed by atoms with Crippen LogP contribution in [0.15, 0.2) is 11.6 Å². The fraction of sp³-hybridized carbons (Fsp3) is 0.714. The maximum Gasteiger partial charge on any atom is 0.00114 e. The van der Waals surface area contributed by atoms with E-state index in [1.54, 1.807) is 12.8 Å². The van der Waals surface area contributed by atoms with E-state index in [2.05, 4.69) is 6.08 Å². The molecule has 0 aromatic carbocycles. The maximum atomic E-state index is 2.46. The average molecular weight is 92.1 g/mol. The third kappa shape index (κ3) is 0.170. The van der Waals surface area contributed by atoms with Gasteiger partial charge in [-0.25, -0.2) is 0 Å². The average Bonchev–Trinajstić information content (AvgIpc) is 2.10. The molecule has 3 saturated carbocycles. The van der Waals surface area contributed by atoms with Crippen LogP contribution >= 0.6 is 0 Å². The minimum atomic E-state index is 1.05. The van der Waals surface area contributed by atoms with E-state index < -0.39 is 0 Å². The summed E-state index contributed by atoms with van der Waals surface area (Å²) in [5, 5.41) is 0. The van der Waals surface area contributed by atoms with Crippen molar-refractivity contribution in [1.82, 2.24) is 0 Å². The lowest BCUT2D eigenvalue weighted by molar-refractivity contribution is 0.287. The van der Waals surface area contributed by atoms with Gasteiger partial charge in [0.2, 0.25) is 0 Å². The van der Waals surface area contributed by atoms with Crippen molar-refractivity contribution in [3.8, 4) is 0 Å². The summed E-state index contributed by atoms with van der Waals surface area (Å²) in [4.78, 5) is 0. The Morgan fingerprint density at radius 1 is 1.43 bits per heavy atom. The van der Waals surface area contributed by atoms with Gasteiger partial charge in [0, 0.05) is 5.92 Å². The fourth-order valence-electron chi connectivity index (χ4n) is 2.20. The lowest BCUT2D eigenvalue weighted by atomic mass is 9.80. The number of allylic oxidation sites excluding steroid dienone is 2. The third-order valence-corrected chi connectivity index (χ3v) is 2.80. The van der Waals surface area contributed by atoms with Gasteiger partial charge in [-0.05, 0) is 24.7 Å². The Bertz CT molecular complexity index is 149. The number of rotatable bonds is 0. The van der Waals surface area contributed by atoms with Crippen molar-refractivity contribution < 1.29 is 0 Å². The lowest BCUT2D eigenvalue weighted by Gasteiger charge is -2.24. The standard InChI is InChI=1S/C7H8/c1-4-2-5(1)7-3-6(4)7/h3-6H,1-2H2. The highest BCUT2D eigenvalue weighted by molar-refractivity contribution is 5.42. The second-order valence-electron chi connectivity index (χ2n) is 3.12. The topological polar surface area (TPSA) is 0 Å². The molecule has 0 spiro atoms. The van der Waals surface area contributed by atoms with Gasteiger partial charge in [0.25, 0.3) is 0 Å². The van der Waals surface area contributed by atoms with E-state index in [0.717, 1.165) is 17.8 Å². The molecule has 0 radical (unpaired) electrons. The minimum absolute atomic E-state index is 1.05. The van der Waals surface area contributed by atoms with Crippen LogP contribution in [-0.2, 0) is 0 Å². The summed E-state index contributed by atoms with van der Waals surface area (Å²) in [5.74, 6) is 3.28. The lowest BCUT2D eigenvalue weighted by Crippen LogP contribution is -2.14. The second kappa shape index (κ2) is 0.594. The zero-order valence-electron chi connectivity index (χ0n) is 4.22. The van der Waals surface area contributed by atoms with Crippen LogP contribution in [0.25, 0.3) is 0 Å². The molecule has 2 bridgehead atoms. The van der Waals surface area contributed by atoms with Crippen LogP contribution in [0.5, 0.6) is 0 Å². The van der Waals surface area contributed by atoms with Crippen LogP contribution in [0, 0.1) is 17.8 Å². The molecule has 3 fully saturated rings. The van der Waals surface area contributed by atoms with E-state index in [-0.39, 0.29) is 0 Å². The van der Waals surface area contributed by atoms with Crippen LogP contribution in [0.1, 0.15) is 12.8 Å². The van der Waals surface area contributed by atoms with Crippen LogP contribution in [0.3, 0.4) is 0 Å². The summed E-state index contributed by atoms with van der Waals surface area (Å²) in [5.41, 5.74) is 1.82. The molecule has 0 heteroatoms. The summed E-state index contributed by atoms with van der Waals surface area (Å²) < 4.78 is 0. The van der Waals surface area contributed by atoms with Gasteiger partial charge in [-0.15, -0.1) is 0 Å². The summed E-state index contributed by atoms with van der Waals surface area (Å²) in [7, 11) is 0.